The lowest BCUT2D eigenvalue weighted by Gasteiger charge is -2.26. The molecule has 0 aliphatic carbocycles. The fraction of sp³-hybridized carbons (Fsp3) is 0.500. The second-order valence-corrected chi connectivity index (χ2v) is 3.75. The molecule has 0 bridgehead atoms. The van der Waals surface area contributed by atoms with Crippen LogP contribution in [0.2, 0.25) is 0 Å². The minimum absolute atomic E-state index is 0.256. The predicted octanol–water partition coefficient (Wildman–Crippen LogP) is 2.05. The fourth-order valence-corrected chi connectivity index (χ4v) is 1.66. The maximum Gasteiger partial charge on any atom is 0.161 e. The minimum Gasteiger partial charge on any atom is -0.368 e. The Hall–Kier alpha value is -0.900. The van der Waals surface area contributed by atoms with E-state index in [2.05, 4.69) is 0 Å². The van der Waals surface area contributed by atoms with Crippen molar-refractivity contribution in [2.45, 2.75) is 38.4 Å². The lowest BCUT2D eigenvalue weighted by molar-refractivity contribution is -0.254. The maximum atomic E-state index is 9.27. The number of hydrogen-bond acceptors (Lipinski definition) is 3. The highest BCUT2D eigenvalue weighted by molar-refractivity contribution is 5.13. The van der Waals surface area contributed by atoms with Crippen LogP contribution in [0, 0.1) is 0 Å². The molecule has 0 spiro atoms. The van der Waals surface area contributed by atoms with Gasteiger partial charge in [-0.3, -0.25) is 0 Å². The lowest BCUT2D eigenvalue weighted by atomic mass is 10.2. The normalized spacial score (nSPS) is 26.5. The first-order valence-corrected chi connectivity index (χ1v) is 5.33. The third-order valence-corrected chi connectivity index (χ3v) is 2.48. The molecule has 82 valence electrons. The molecule has 0 aromatic heterocycles. The zero-order chi connectivity index (χ0) is 10.5. The SMILES string of the molecule is OC1CCCC(OCc2ccccc2)O1. The van der Waals surface area contributed by atoms with Crippen LogP contribution >= 0.6 is 0 Å². The second-order valence-electron chi connectivity index (χ2n) is 3.75. The molecule has 1 heterocycles. The molecule has 1 saturated heterocycles. The van der Waals surface area contributed by atoms with E-state index in [1.807, 2.05) is 30.3 Å². The van der Waals surface area contributed by atoms with Gasteiger partial charge in [0.25, 0.3) is 0 Å². The number of benzene rings is 1. The molecule has 2 unspecified atom stereocenters. The maximum absolute atomic E-state index is 9.27. The predicted molar refractivity (Wildman–Crippen MR) is 56.0 cm³/mol. The molecule has 2 atom stereocenters. The van der Waals surface area contributed by atoms with Gasteiger partial charge in [0.05, 0.1) is 6.61 Å². The van der Waals surface area contributed by atoms with Crippen LogP contribution in [-0.2, 0) is 16.1 Å². The van der Waals surface area contributed by atoms with Gasteiger partial charge < -0.3 is 14.6 Å². The third kappa shape index (κ3) is 3.30. The molecule has 1 aromatic carbocycles. The highest BCUT2D eigenvalue weighted by Crippen LogP contribution is 2.19. The van der Waals surface area contributed by atoms with Gasteiger partial charge in [0.15, 0.2) is 12.6 Å². The summed E-state index contributed by atoms with van der Waals surface area (Å²) in [5.74, 6) is 0. The van der Waals surface area contributed by atoms with Gasteiger partial charge in [0, 0.05) is 0 Å². The molecule has 0 saturated carbocycles. The third-order valence-electron chi connectivity index (χ3n) is 2.48. The quantitative estimate of drug-likeness (QED) is 0.826. The number of aliphatic hydroxyl groups excluding tert-OH is 1. The summed E-state index contributed by atoms with van der Waals surface area (Å²) in [5.41, 5.74) is 1.13. The molecule has 1 aliphatic rings. The van der Waals surface area contributed by atoms with E-state index in [0.29, 0.717) is 13.0 Å². The van der Waals surface area contributed by atoms with Crippen LogP contribution < -0.4 is 0 Å². The van der Waals surface area contributed by atoms with Crippen molar-refractivity contribution in [3.8, 4) is 0 Å². The van der Waals surface area contributed by atoms with Crippen LogP contribution in [-0.4, -0.2) is 17.7 Å². The van der Waals surface area contributed by atoms with Crippen LogP contribution in [0.15, 0.2) is 30.3 Å². The molecule has 15 heavy (non-hydrogen) atoms. The summed E-state index contributed by atoms with van der Waals surface area (Å²) in [6.07, 6.45) is 1.63. The van der Waals surface area contributed by atoms with Gasteiger partial charge in [-0.2, -0.15) is 0 Å². The van der Waals surface area contributed by atoms with Gasteiger partial charge in [-0.05, 0) is 24.8 Å². The summed E-state index contributed by atoms with van der Waals surface area (Å²) in [5, 5.41) is 9.27. The molecule has 2 rings (SSSR count). The van der Waals surface area contributed by atoms with Crippen LogP contribution in [0.25, 0.3) is 0 Å². The van der Waals surface area contributed by atoms with Gasteiger partial charge in [-0.25, -0.2) is 0 Å². The van der Waals surface area contributed by atoms with Crippen molar-refractivity contribution in [2.24, 2.45) is 0 Å². The Kier molecular flexibility index (Phi) is 3.72. The van der Waals surface area contributed by atoms with Gasteiger partial charge in [0.2, 0.25) is 0 Å². The zero-order valence-electron chi connectivity index (χ0n) is 8.63. The Balaban J connectivity index is 1.78. The van der Waals surface area contributed by atoms with Crippen molar-refractivity contribution >= 4 is 0 Å². The summed E-state index contributed by atoms with van der Waals surface area (Å²) >= 11 is 0. The molecule has 1 N–H and O–H groups in total. The van der Waals surface area contributed by atoms with Gasteiger partial charge in [-0.1, -0.05) is 30.3 Å². The van der Waals surface area contributed by atoms with Crippen molar-refractivity contribution in [2.75, 3.05) is 0 Å². The highest BCUT2D eigenvalue weighted by Gasteiger charge is 2.20. The summed E-state index contributed by atoms with van der Waals surface area (Å²) < 4.78 is 10.8. The smallest absolute Gasteiger partial charge is 0.161 e. The molecule has 1 aliphatic heterocycles. The van der Waals surface area contributed by atoms with Crippen molar-refractivity contribution in [1.29, 1.82) is 0 Å². The Morgan fingerprint density at radius 1 is 1.27 bits per heavy atom. The summed E-state index contributed by atoms with van der Waals surface area (Å²) in [4.78, 5) is 0. The van der Waals surface area contributed by atoms with Gasteiger partial charge in [-0.15, -0.1) is 0 Å². The number of rotatable bonds is 3. The van der Waals surface area contributed by atoms with E-state index in [1.165, 1.54) is 0 Å². The van der Waals surface area contributed by atoms with Crippen molar-refractivity contribution in [3.63, 3.8) is 0 Å². The summed E-state index contributed by atoms with van der Waals surface area (Å²) in [6.45, 7) is 0.540. The van der Waals surface area contributed by atoms with Gasteiger partial charge >= 0.3 is 0 Å². The molecular formula is C12H16O3. The average molecular weight is 208 g/mol. The summed E-state index contributed by atoms with van der Waals surface area (Å²) in [7, 11) is 0. The topological polar surface area (TPSA) is 38.7 Å². The van der Waals surface area contributed by atoms with E-state index in [0.717, 1.165) is 18.4 Å². The van der Waals surface area contributed by atoms with Crippen molar-refractivity contribution in [3.05, 3.63) is 35.9 Å². The zero-order valence-corrected chi connectivity index (χ0v) is 8.63. The lowest BCUT2D eigenvalue weighted by Crippen LogP contribution is -2.29. The Morgan fingerprint density at radius 3 is 2.80 bits per heavy atom. The Labute approximate surface area is 89.6 Å². The molecule has 3 heteroatoms. The Morgan fingerprint density at radius 2 is 2.07 bits per heavy atom. The largest absolute Gasteiger partial charge is 0.368 e. The van der Waals surface area contributed by atoms with E-state index in [4.69, 9.17) is 9.47 Å². The molecule has 0 amide bonds. The molecule has 1 aromatic rings. The first-order valence-electron chi connectivity index (χ1n) is 5.33. The molecule has 1 fully saturated rings. The number of aliphatic hydroxyl groups is 1. The highest BCUT2D eigenvalue weighted by atomic mass is 16.7. The van der Waals surface area contributed by atoms with Gasteiger partial charge in [0.1, 0.15) is 0 Å². The van der Waals surface area contributed by atoms with Crippen LogP contribution in [0.4, 0.5) is 0 Å². The molecule has 0 radical (unpaired) electrons. The minimum atomic E-state index is -0.653. The van der Waals surface area contributed by atoms with E-state index in [-0.39, 0.29) is 6.29 Å². The first-order chi connectivity index (χ1) is 7.34. The van der Waals surface area contributed by atoms with E-state index >= 15 is 0 Å². The first kappa shape index (κ1) is 10.6. The van der Waals surface area contributed by atoms with E-state index < -0.39 is 6.29 Å². The van der Waals surface area contributed by atoms with Crippen molar-refractivity contribution in [1.82, 2.24) is 0 Å². The summed E-state index contributed by atoms with van der Waals surface area (Å²) in [6, 6.07) is 9.97. The Bertz CT molecular complexity index is 286. The number of ether oxygens (including phenoxy) is 2. The van der Waals surface area contributed by atoms with Crippen LogP contribution in [0.3, 0.4) is 0 Å². The van der Waals surface area contributed by atoms with E-state index in [9.17, 15) is 5.11 Å². The number of hydrogen-bond donors (Lipinski definition) is 1. The van der Waals surface area contributed by atoms with Crippen LogP contribution in [0.5, 0.6) is 0 Å². The van der Waals surface area contributed by atoms with Crippen LogP contribution in [0.1, 0.15) is 24.8 Å². The molecule has 3 nitrogen and oxygen atoms in total. The van der Waals surface area contributed by atoms with E-state index in [1.54, 1.807) is 0 Å². The fourth-order valence-electron chi connectivity index (χ4n) is 1.66. The second kappa shape index (κ2) is 5.26. The standard InChI is InChI=1S/C12H16O3/c13-11-7-4-8-12(15-11)14-9-10-5-2-1-3-6-10/h1-3,5-6,11-13H,4,7-9H2. The molecular weight excluding hydrogens is 192 g/mol. The average Bonchev–Trinajstić information content (AvgIpc) is 2.28. The monoisotopic (exact) mass is 208 g/mol. The van der Waals surface area contributed by atoms with Crippen molar-refractivity contribution < 1.29 is 14.6 Å².